The van der Waals surface area contributed by atoms with Gasteiger partial charge in [0.05, 0.1) is 12.2 Å². The van der Waals surface area contributed by atoms with Gasteiger partial charge in [-0.25, -0.2) is 0 Å². The van der Waals surface area contributed by atoms with Crippen LogP contribution < -0.4 is 5.32 Å². The quantitative estimate of drug-likeness (QED) is 0.684. The summed E-state index contributed by atoms with van der Waals surface area (Å²) >= 11 is 0. The molecule has 0 radical (unpaired) electrons. The fraction of sp³-hybridized carbons (Fsp3) is 0.889. The van der Waals surface area contributed by atoms with Crippen LogP contribution in [-0.4, -0.2) is 29.6 Å². The summed E-state index contributed by atoms with van der Waals surface area (Å²) in [5.41, 5.74) is -0.133. The molecule has 1 aliphatic heterocycles. The van der Waals surface area contributed by atoms with Crippen LogP contribution in [0.3, 0.4) is 0 Å². The summed E-state index contributed by atoms with van der Waals surface area (Å²) in [5, 5.41) is 2.94. The molecule has 3 nitrogen and oxygen atoms in total. The lowest BCUT2D eigenvalue weighted by Crippen LogP contribution is -2.46. The molecule has 0 aromatic rings. The van der Waals surface area contributed by atoms with Crippen LogP contribution in [-0.2, 0) is 4.79 Å². The highest BCUT2D eigenvalue weighted by molar-refractivity contribution is 5.81. The van der Waals surface area contributed by atoms with E-state index < -0.39 is 0 Å². The number of unbranched alkanes of at least 4 members (excludes halogenated alkanes) is 1. The van der Waals surface area contributed by atoms with E-state index in [0.717, 1.165) is 6.54 Å². The van der Waals surface area contributed by atoms with Crippen LogP contribution in [0.25, 0.3) is 0 Å². The molecule has 1 saturated heterocycles. The molecule has 1 N–H and O–H groups in total. The van der Waals surface area contributed by atoms with E-state index in [9.17, 15) is 4.79 Å². The van der Waals surface area contributed by atoms with Crippen molar-refractivity contribution >= 4 is 5.91 Å². The topological polar surface area (TPSA) is 32.3 Å². The molecule has 12 heavy (non-hydrogen) atoms. The first-order valence-electron chi connectivity index (χ1n) is 4.62. The fourth-order valence-electron chi connectivity index (χ4n) is 1.54. The first kappa shape index (κ1) is 9.52. The van der Waals surface area contributed by atoms with Gasteiger partial charge in [0.1, 0.15) is 0 Å². The number of nitrogens with zero attached hydrogens (tertiary/aromatic N) is 1. The molecular weight excluding hydrogens is 152 g/mol. The van der Waals surface area contributed by atoms with Gasteiger partial charge in [-0.05, 0) is 20.3 Å². The highest BCUT2D eigenvalue weighted by Crippen LogP contribution is 2.16. The first-order valence-corrected chi connectivity index (χ1v) is 4.62. The van der Waals surface area contributed by atoms with Crippen LogP contribution in [0.4, 0.5) is 0 Å². The number of rotatable bonds is 3. The summed E-state index contributed by atoms with van der Waals surface area (Å²) in [6.07, 6.45) is 2.35. The van der Waals surface area contributed by atoms with Crippen molar-refractivity contribution in [3.63, 3.8) is 0 Å². The van der Waals surface area contributed by atoms with Crippen molar-refractivity contribution in [2.45, 2.75) is 39.3 Å². The molecule has 0 atom stereocenters. The summed E-state index contributed by atoms with van der Waals surface area (Å²) in [6, 6.07) is 0. The Balaban J connectivity index is 2.47. The Kier molecular flexibility index (Phi) is 2.73. The summed E-state index contributed by atoms with van der Waals surface area (Å²) in [5.74, 6) is 0.149. The summed E-state index contributed by atoms with van der Waals surface area (Å²) < 4.78 is 0. The minimum Gasteiger partial charge on any atom is -0.337 e. The maximum Gasteiger partial charge on any atom is 0.235 e. The number of carbonyl (C=O) groups excluding carboxylic acids is 1. The van der Waals surface area contributed by atoms with E-state index in [-0.39, 0.29) is 11.6 Å². The van der Waals surface area contributed by atoms with E-state index in [4.69, 9.17) is 0 Å². The molecule has 0 saturated carbocycles. The van der Waals surface area contributed by atoms with Crippen LogP contribution in [0.5, 0.6) is 0 Å². The second-order valence-electron chi connectivity index (χ2n) is 3.88. The molecule has 1 aliphatic rings. The largest absolute Gasteiger partial charge is 0.337 e. The maximum absolute atomic E-state index is 11.1. The van der Waals surface area contributed by atoms with Crippen molar-refractivity contribution in [3.8, 4) is 0 Å². The van der Waals surface area contributed by atoms with E-state index in [1.807, 2.05) is 13.8 Å². The third-order valence-electron chi connectivity index (χ3n) is 2.35. The Morgan fingerprint density at radius 1 is 1.58 bits per heavy atom. The monoisotopic (exact) mass is 170 g/mol. The highest BCUT2D eigenvalue weighted by atomic mass is 16.2. The summed E-state index contributed by atoms with van der Waals surface area (Å²) in [7, 11) is 0. The van der Waals surface area contributed by atoms with Crippen molar-refractivity contribution in [2.24, 2.45) is 0 Å². The molecule has 3 heteroatoms. The third-order valence-corrected chi connectivity index (χ3v) is 2.35. The molecule has 1 heterocycles. The van der Waals surface area contributed by atoms with E-state index in [0.29, 0.717) is 6.54 Å². The normalized spacial score (nSPS) is 22.8. The van der Waals surface area contributed by atoms with Gasteiger partial charge in [-0.1, -0.05) is 13.3 Å². The Morgan fingerprint density at radius 2 is 2.25 bits per heavy atom. The predicted octanol–water partition coefficient (Wildman–Crippen LogP) is 0.954. The summed E-state index contributed by atoms with van der Waals surface area (Å²) in [4.78, 5) is 13.3. The van der Waals surface area contributed by atoms with Crippen LogP contribution >= 0.6 is 0 Å². The van der Waals surface area contributed by atoms with Gasteiger partial charge >= 0.3 is 0 Å². The number of hydrogen-bond acceptors (Lipinski definition) is 2. The average Bonchev–Trinajstić information content (AvgIpc) is 2.20. The molecule has 0 unspecified atom stereocenters. The van der Waals surface area contributed by atoms with Gasteiger partial charge in [0.25, 0.3) is 0 Å². The van der Waals surface area contributed by atoms with Crippen molar-refractivity contribution in [3.05, 3.63) is 0 Å². The standard InChI is InChI=1S/C9H18N2O/c1-4-5-6-11-7-8(12)10-9(11,2)3/h4-7H2,1-3H3,(H,10,12). The lowest BCUT2D eigenvalue weighted by Gasteiger charge is -2.29. The van der Waals surface area contributed by atoms with Gasteiger partial charge in [-0.2, -0.15) is 0 Å². The molecule has 1 amide bonds. The number of nitrogens with one attached hydrogen (secondary N) is 1. The second-order valence-corrected chi connectivity index (χ2v) is 3.88. The molecule has 0 bridgehead atoms. The van der Waals surface area contributed by atoms with Crippen molar-refractivity contribution in [2.75, 3.05) is 13.1 Å². The van der Waals surface area contributed by atoms with E-state index in [1.165, 1.54) is 12.8 Å². The van der Waals surface area contributed by atoms with Gasteiger partial charge in [-0.3, -0.25) is 9.69 Å². The Morgan fingerprint density at radius 3 is 2.67 bits per heavy atom. The zero-order chi connectivity index (χ0) is 9.19. The first-order chi connectivity index (χ1) is 5.56. The highest BCUT2D eigenvalue weighted by Gasteiger charge is 2.35. The van der Waals surface area contributed by atoms with E-state index in [2.05, 4.69) is 17.1 Å². The Bertz CT molecular complexity index is 177. The van der Waals surface area contributed by atoms with Gasteiger partial charge in [0.2, 0.25) is 5.91 Å². The number of carbonyl (C=O) groups is 1. The zero-order valence-corrected chi connectivity index (χ0v) is 8.18. The molecule has 0 aliphatic carbocycles. The summed E-state index contributed by atoms with van der Waals surface area (Å²) in [6.45, 7) is 7.84. The van der Waals surface area contributed by atoms with Gasteiger partial charge < -0.3 is 5.32 Å². The molecule has 1 rings (SSSR count). The minimum absolute atomic E-state index is 0.133. The molecule has 0 aromatic heterocycles. The van der Waals surface area contributed by atoms with E-state index >= 15 is 0 Å². The fourth-order valence-corrected chi connectivity index (χ4v) is 1.54. The van der Waals surface area contributed by atoms with Crippen molar-refractivity contribution in [1.82, 2.24) is 10.2 Å². The lowest BCUT2D eigenvalue weighted by atomic mass is 10.2. The third kappa shape index (κ3) is 1.97. The van der Waals surface area contributed by atoms with Crippen LogP contribution in [0.2, 0.25) is 0 Å². The number of amides is 1. The van der Waals surface area contributed by atoms with Gasteiger partial charge in [0.15, 0.2) is 0 Å². The second kappa shape index (κ2) is 3.44. The van der Waals surface area contributed by atoms with Crippen LogP contribution in [0.15, 0.2) is 0 Å². The predicted molar refractivity (Wildman–Crippen MR) is 48.7 cm³/mol. The molecule has 0 aromatic carbocycles. The maximum atomic E-state index is 11.1. The minimum atomic E-state index is -0.133. The number of hydrogen-bond donors (Lipinski definition) is 1. The van der Waals surface area contributed by atoms with Crippen molar-refractivity contribution in [1.29, 1.82) is 0 Å². The van der Waals surface area contributed by atoms with Crippen molar-refractivity contribution < 1.29 is 4.79 Å². The average molecular weight is 170 g/mol. The molecule has 0 spiro atoms. The van der Waals surface area contributed by atoms with Crippen LogP contribution in [0.1, 0.15) is 33.6 Å². The van der Waals surface area contributed by atoms with Gasteiger partial charge in [-0.15, -0.1) is 0 Å². The zero-order valence-electron chi connectivity index (χ0n) is 8.18. The van der Waals surface area contributed by atoms with E-state index in [1.54, 1.807) is 0 Å². The Hall–Kier alpha value is -0.570. The SMILES string of the molecule is CCCCN1CC(=O)NC1(C)C. The Labute approximate surface area is 74.1 Å². The molecular formula is C9H18N2O. The lowest BCUT2D eigenvalue weighted by molar-refractivity contribution is -0.118. The molecule has 1 fully saturated rings. The van der Waals surface area contributed by atoms with Gasteiger partial charge in [0, 0.05) is 6.54 Å². The molecule has 70 valence electrons. The smallest absolute Gasteiger partial charge is 0.235 e. The van der Waals surface area contributed by atoms with Crippen LogP contribution in [0, 0.1) is 0 Å².